The van der Waals surface area contributed by atoms with Crippen molar-refractivity contribution in [2.24, 2.45) is 0 Å². The lowest BCUT2D eigenvalue weighted by atomic mass is 10.0. The zero-order valence-corrected chi connectivity index (χ0v) is 23.7. The van der Waals surface area contributed by atoms with E-state index in [-0.39, 0.29) is 29.3 Å². The van der Waals surface area contributed by atoms with E-state index in [0.29, 0.717) is 43.1 Å². The molecule has 2 amide bonds. The average molecular weight is 563 g/mol. The van der Waals surface area contributed by atoms with Gasteiger partial charge >= 0.3 is 0 Å². The fourth-order valence-electron chi connectivity index (χ4n) is 6.05. The Hall–Kier alpha value is -3.47. The highest BCUT2D eigenvalue weighted by Crippen LogP contribution is 2.39. The number of hydrogen-bond donors (Lipinski definition) is 0. The van der Waals surface area contributed by atoms with E-state index in [1.54, 1.807) is 30.1 Å². The molecule has 1 aromatic heterocycles. The van der Waals surface area contributed by atoms with Crippen LogP contribution in [-0.4, -0.2) is 79.9 Å². The second-order valence-electron chi connectivity index (χ2n) is 10.8. The second-order valence-corrected chi connectivity index (χ2v) is 12.7. The molecule has 210 valence electrons. The molecular formula is C30H34N4O5S. The molecule has 0 radical (unpaired) electrons. The number of piperidine rings is 1. The molecule has 0 spiro atoms. The molecule has 3 aliphatic rings. The first-order valence-corrected chi connectivity index (χ1v) is 15.3. The number of amides is 2. The average Bonchev–Trinajstić information content (AvgIpc) is 3.43. The van der Waals surface area contributed by atoms with E-state index >= 15 is 0 Å². The molecule has 2 aromatic carbocycles. The predicted molar refractivity (Wildman–Crippen MR) is 154 cm³/mol. The number of likely N-dealkylation sites (tertiary alicyclic amines) is 1. The zero-order chi connectivity index (χ0) is 28.0. The number of nitrogens with zero attached hydrogens (tertiary/aromatic N) is 4. The Bertz CT molecular complexity index is 1620. The van der Waals surface area contributed by atoms with Crippen LogP contribution < -0.4 is 4.90 Å². The van der Waals surface area contributed by atoms with Gasteiger partial charge < -0.3 is 19.1 Å². The van der Waals surface area contributed by atoms with Gasteiger partial charge in [0.2, 0.25) is 15.9 Å². The van der Waals surface area contributed by atoms with Crippen LogP contribution >= 0.6 is 0 Å². The van der Waals surface area contributed by atoms with Crippen molar-refractivity contribution < 1.29 is 22.7 Å². The topological polar surface area (TPSA) is 92.2 Å². The molecule has 40 heavy (non-hydrogen) atoms. The van der Waals surface area contributed by atoms with E-state index < -0.39 is 10.0 Å². The van der Waals surface area contributed by atoms with Crippen LogP contribution in [0.1, 0.15) is 37.3 Å². The number of benzene rings is 2. The van der Waals surface area contributed by atoms with Gasteiger partial charge in [0.25, 0.3) is 5.91 Å². The van der Waals surface area contributed by atoms with Crippen molar-refractivity contribution in [1.82, 2.24) is 13.8 Å². The van der Waals surface area contributed by atoms with Crippen molar-refractivity contribution in [2.75, 3.05) is 44.8 Å². The highest BCUT2D eigenvalue weighted by molar-refractivity contribution is 7.89. The maximum atomic E-state index is 13.4. The maximum Gasteiger partial charge on any atom is 0.258 e. The van der Waals surface area contributed by atoms with E-state index in [1.807, 2.05) is 46.0 Å². The predicted octanol–water partition coefficient (Wildman–Crippen LogP) is 3.58. The highest BCUT2D eigenvalue weighted by Gasteiger charge is 2.33. The molecular weight excluding hydrogens is 528 g/mol. The minimum Gasteiger partial charge on any atom is -0.379 e. The number of anilines is 1. The molecule has 10 heteroatoms. The number of sulfonamides is 1. The van der Waals surface area contributed by atoms with Crippen LogP contribution in [0.2, 0.25) is 0 Å². The third-order valence-electron chi connectivity index (χ3n) is 8.31. The normalized spacial score (nSPS) is 21.4. The van der Waals surface area contributed by atoms with Gasteiger partial charge in [-0.15, -0.1) is 0 Å². The van der Waals surface area contributed by atoms with E-state index in [0.717, 1.165) is 42.3 Å². The molecule has 3 aromatic rings. The SMILES string of the molecule is CC1CCCCN1C(=O)Cn1cc(C=C2C(=O)N(C)c3ccc(S(=O)(=O)N4CCOCC4)cc32)c2ccccc21. The molecule has 6 rings (SSSR count). The molecule has 2 fully saturated rings. The molecule has 4 heterocycles. The Kier molecular flexibility index (Phi) is 7.02. The number of ether oxygens (including phenoxy) is 1. The number of hydrogen-bond acceptors (Lipinski definition) is 5. The summed E-state index contributed by atoms with van der Waals surface area (Å²) in [4.78, 5) is 30.3. The Labute approximate surface area is 234 Å². The van der Waals surface area contributed by atoms with Crippen LogP contribution in [0.15, 0.2) is 53.6 Å². The molecule has 9 nitrogen and oxygen atoms in total. The van der Waals surface area contributed by atoms with Crippen LogP contribution in [0.5, 0.6) is 0 Å². The number of para-hydroxylation sites is 1. The summed E-state index contributed by atoms with van der Waals surface area (Å²) < 4.78 is 35.4. The summed E-state index contributed by atoms with van der Waals surface area (Å²) in [6.07, 6.45) is 6.94. The van der Waals surface area contributed by atoms with Gasteiger partial charge in [0, 0.05) is 66.5 Å². The van der Waals surface area contributed by atoms with Gasteiger partial charge in [0.1, 0.15) is 6.54 Å². The van der Waals surface area contributed by atoms with Crippen LogP contribution in [-0.2, 0) is 30.9 Å². The fourth-order valence-corrected chi connectivity index (χ4v) is 7.48. The molecule has 0 saturated carbocycles. The number of likely N-dealkylation sites (N-methyl/N-ethyl adjacent to an activating group) is 1. The summed E-state index contributed by atoms with van der Waals surface area (Å²) in [5.41, 5.74) is 3.39. The number of fused-ring (bicyclic) bond motifs is 2. The van der Waals surface area contributed by atoms with Gasteiger partial charge in [0.15, 0.2) is 0 Å². The Balaban J connectivity index is 1.38. The maximum absolute atomic E-state index is 13.4. The molecule has 0 aliphatic carbocycles. The summed E-state index contributed by atoms with van der Waals surface area (Å²) in [6, 6.07) is 12.9. The monoisotopic (exact) mass is 562 g/mol. The summed E-state index contributed by atoms with van der Waals surface area (Å²) in [7, 11) is -2.03. The van der Waals surface area contributed by atoms with Crippen LogP contribution in [0.3, 0.4) is 0 Å². The standard InChI is InChI=1S/C30H34N4O5S/c1-21-7-5-6-12-34(21)29(35)20-32-19-22(24-8-3-4-9-28(24)32)17-26-25-18-23(10-11-27(25)31(2)30(26)36)40(37,38)33-13-15-39-16-14-33/h3-4,8-11,17-19,21H,5-7,12-16,20H2,1-2H3. The number of carbonyl (C=O) groups excluding carboxylic acids is 2. The minimum absolute atomic E-state index is 0.0899. The van der Waals surface area contributed by atoms with Gasteiger partial charge in [-0.3, -0.25) is 9.59 Å². The smallest absolute Gasteiger partial charge is 0.258 e. The van der Waals surface area contributed by atoms with Crippen molar-refractivity contribution in [1.29, 1.82) is 0 Å². The second kappa shape index (κ2) is 10.5. The fraction of sp³-hybridized carbons (Fsp3) is 0.400. The van der Waals surface area contributed by atoms with E-state index in [2.05, 4.69) is 6.92 Å². The molecule has 2 saturated heterocycles. The van der Waals surface area contributed by atoms with Crippen molar-refractivity contribution in [3.63, 3.8) is 0 Å². The number of carbonyl (C=O) groups is 2. The van der Waals surface area contributed by atoms with Crippen LogP contribution in [0.4, 0.5) is 5.69 Å². The van der Waals surface area contributed by atoms with E-state index in [9.17, 15) is 18.0 Å². The Morgan fingerprint density at radius 2 is 1.85 bits per heavy atom. The highest BCUT2D eigenvalue weighted by atomic mass is 32.2. The third-order valence-corrected chi connectivity index (χ3v) is 10.2. The number of aromatic nitrogens is 1. The number of rotatable bonds is 5. The van der Waals surface area contributed by atoms with E-state index in [1.165, 1.54) is 4.31 Å². The van der Waals surface area contributed by atoms with E-state index in [4.69, 9.17) is 4.74 Å². The summed E-state index contributed by atoms with van der Waals surface area (Å²) >= 11 is 0. The van der Waals surface area contributed by atoms with Gasteiger partial charge in [0.05, 0.1) is 23.8 Å². The lowest BCUT2D eigenvalue weighted by Gasteiger charge is -2.33. The molecule has 3 aliphatic heterocycles. The quantitative estimate of drug-likeness (QED) is 0.444. The van der Waals surface area contributed by atoms with Crippen molar-refractivity contribution >= 4 is 50.1 Å². The third kappa shape index (κ3) is 4.63. The molecule has 1 atom stereocenters. The van der Waals surface area contributed by atoms with Gasteiger partial charge in [-0.05, 0) is 56.5 Å². The Morgan fingerprint density at radius 3 is 2.62 bits per heavy atom. The first-order valence-electron chi connectivity index (χ1n) is 13.8. The van der Waals surface area contributed by atoms with Gasteiger partial charge in [-0.2, -0.15) is 4.31 Å². The molecule has 0 bridgehead atoms. The molecule has 1 unspecified atom stereocenters. The van der Waals surface area contributed by atoms with Crippen LogP contribution in [0.25, 0.3) is 22.6 Å². The minimum atomic E-state index is -3.72. The van der Waals surface area contributed by atoms with Crippen molar-refractivity contribution in [3.8, 4) is 0 Å². The first-order chi connectivity index (χ1) is 19.3. The summed E-state index contributed by atoms with van der Waals surface area (Å²) in [6.45, 7) is 4.43. The van der Waals surface area contributed by atoms with Gasteiger partial charge in [-0.25, -0.2) is 8.42 Å². The lowest BCUT2D eigenvalue weighted by Crippen LogP contribution is -2.43. The number of morpholine rings is 1. The Morgan fingerprint density at radius 1 is 1.07 bits per heavy atom. The molecule has 0 N–H and O–H groups in total. The van der Waals surface area contributed by atoms with Crippen LogP contribution in [0, 0.1) is 0 Å². The largest absolute Gasteiger partial charge is 0.379 e. The zero-order valence-electron chi connectivity index (χ0n) is 22.9. The van der Waals surface area contributed by atoms with Crippen molar-refractivity contribution in [3.05, 3.63) is 59.8 Å². The summed E-state index contributed by atoms with van der Waals surface area (Å²) in [5.74, 6) is -0.113. The first kappa shape index (κ1) is 26.7. The van der Waals surface area contributed by atoms with Gasteiger partial charge in [-0.1, -0.05) is 18.2 Å². The van der Waals surface area contributed by atoms with Crippen molar-refractivity contribution in [2.45, 2.75) is 43.7 Å². The lowest BCUT2D eigenvalue weighted by molar-refractivity contribution is -0.135. The summed E-state index contributed by atoms with van der Waals surface area (Å²) in [5, 5.41) is 0.926.